The molecule has 2 heteroatoms. The lowest BCUT2D eigenvalue weighted by atomic mass is 10.2. The quantitative estimate of drug-likeness (QED) is 0.724. The Labute approximate surface area is 82.3 Å². The van der Waals surface area contributed by atoms with Crippen molar-refractivity contribution in [3.63, 3.8) is 0 Å². The first kappa shape index (κ1) is 8.73. The van der Waals surface area contributed by atoms with E-state index < -0.39 is 0 Å². The van der Waals surface area contributed by atoms with Crippen molar-refractivity contribution >= 4 is 11.3 Å². The molecule has 13 heavy (non-hydrogen) atoms. The number of hydrogen-bond donors (Lipinski definition) is 0. The molecule has 0 bridgehead atoms. The van der Waals surface area contributed by atoms with E-state index in [2.05, 4.69) is 29.6 Å². The molecule has 0 saturated heterocycles. The average Bonchev–Trinajstić information content (AvgIpc) is 2.58. The molecule has 0 atom stereocenters. The van der Waals surface area contributed by atoms with Crippen molar-refractivity contribution in [1.82, 2.24) is 0 Å². The summed E-state index contributed by atoms with van der Waals surface area (Å²) >= 11 is 1.78. The SMILES string of the molecule is CCOCc1ccc2scccc1-2. The van der Waals surface area contributed by atoms with Gasteiger partial charge in [0.1, 0.15) is 0 Å². The van der Waals surface area contributed by atoms with Crippen LogP contribution in [0.5, 0.6) is 0 Å². The third-order valence-electron chi connectivity index (χ3n) is 2.05. The Kier molecular flexibility index (Phi) is 2.62. The van der Waals surface area contributed by atoms with Gasteiger partial charge >= 0.3 is 0 Å². The van der Waals surface area contributed by atoms with Crippen LogP contribution in [0.1, 0.15) is 12.5 Å². The predicted octanol–water partition coefficient (Wildman–Crippen LogP) is 3.39. The van der Waals surface area contributed by atoms with Crippen LogP contribution in [0.4, 0.5) is 0 Å². The smallest absolute Gasteiger partial charge is 0.0723 e. The summed E-state index contributed by atoms with van der Waals surface area (Å²) < 4.78 is 5.39. The first-order valence-corrected chi connectivity index (χ1v) is 5.32. The van der Waals surface area contributed by atoms with Gasteiger partial charge in [0, 0.05) is 11.5 Å². The Balaban J connectivity index is 2.27. The van der Waals surface area contributed by atoms with Crippen LogP contribution in [0.2, 0.25) is 0 Å². The zero-order chi connectivity index (χ0) is 9.10. The fourth-order valence-electron chi connectivity index (χ4n) is 1.39. The topological polar surface area (TPSA) is 9.23 Å². The van der Waals surface area contributed by atoms with E-state index in [-0.39, 0.29) is 0 Å². The van der Waals surface area contributed by atoms with Gasteiger partial charge < -0.3 is 4.74 Å². The second-order valence-corrected chi connectivity index (χ2v) is 3.83. The highest BCUT2D eigenvalue weighted by Crippen LogP contribution is 2.31. The van der Waals surface area contributed by atoms with E-state index in [1.165, 1.54) is 16.0 Å². The highest BCUT2D eigenvalue weighted by Gasteiger charge is 2.07. The minimum Gasteiger partial charge on any atom is -0.377 e. The van der Waals surface area contributed by atoms with E-state index in [0.29, 0.717) is 0 Å². The van der Waals surface area contributed by atoms with Crippen LogP contribution in [-0.4, -0.2) is 6.61 Å². The first-order valence-electron chi connectivity index (χ1n) is 4.44. The summed E-state index contributed by atoms with van der Waals surface area (Å²) in [6.07, 6.45) is 0. The van der Waals surface area contributed by atoms with Crippen LogP contribution in [0, 0.1) is 0 Å². The molecule has 0 radical (unpaired) electrons. The maximum Gasteiger partial charge on any atom is 0.0723 e. The molecule has 0 unspecified atom stereocenters. The van der Waals surface area contributed by atoms with E-state index in [1.807, 2.05) is 6.92 Å². The van der Waals surface area contributed by atoms with Crippen LogP contribution in [0.3, 0.4) is 0 Å². The van der Waals surface area contributed by atoms with Crippen LogP contribution < -0.4 is 0 Å². The van der Waals surface area contributed by atoms with E-state index in [1.54, 1.807) is 11.3 Å². The van der Waals surface area contributed by atoms with Gasteiger partial charge in [-0.05, 0) is 29.5 Å². The molecule has 0 aromatic heterocycles. The lowest BCUT2D eigenvalue weighted by molar-refractivity contribution is 0.134. The third kappa shape index (κ3) is 1.74. The van der Waals surface area contributed by atoms with Crippen molar-refractivity contribution in [3.8, 4) is 10.4 Å². The number of rotatable bonds is 3. The molecule has 1 heterocycles. The Bertz CT molecular complexity index is 353. The lowest BCUT2D eigenvalue weighted by Crippen LogP contribution is -1.90. The highest BCUT2D eigenvalue weighted by atomic mass is 32.1. The van der Waals surface area contributed by atoms with Gasteiger partial charge in [0.2, 0.25) is 0 Å². The molecule has 0 spiro atoms. The molecule has 0 amide bonds. The zero-order valence-corrected chi connectivity index (χ0v) is 8.43. The van der Waals surface area contributed by atoms with Crippen molar-refractivity contribution in [2.75, 3.05) is 6.61 Å². The van der Waals surface area contributed by atoms with Crippen LogP contribution >= 0.6 is 11.3 Å². The van der Waals surface area contributed by atoms with Gasteiger partial charge in [-0.2, -0.15) is 0 Å². The molecule has 1 aliphatic heterocycles. The number of hydrogen-bond acceptors (Lipinski definition) is 2. The number of ether oxygens (including phenoxy) is 1. The van der Waals surface area contributed by atoms with Gasteiger partial charge in [-0.3, -0.25) is 0 Å². The lowest BCUT2D eigenvalue weighted by Gasteiger charge is -2.02. The largest absolute Gasteiger partial charge is 0.377 e. The Morgan fingerprint density at radius 1 is 1.31 bits per heavy atom. The molecule has 1 aliphatic carbocycles. The van der Waals surface area contributed by atoms with Crippen molar-refractivity contribution in [3.05, 3.63) is 35.2 Å². The molecule has 1 nitrogen and oxygen atoms in total. The predicted molar refractivity (Wildman–Crippen MR) is 56.3 cm³/mol. The molecule has 0 fully saturated rings. The fourth-order valence-corrected chi connectivity index (χ4v) is 2.17. The normalized spacial score (nSPS) is 10.8. The van der Waals surface area contributed by atoms with Crippen LogP contribution in [-0.2, 0) is 11.3 Å². The Morgan fingerprint density at radius 2 is 2.23 bits per heavy atom. The van der Waals surface area contributed by atoms with Gasteiger partial charge in [0.15, 0.2) is 0 Å². The summed E-state index contributed by atoms with van der Waals surface area (Å²) in [4.78, 5) is 1.34. The highest BCUT2D eigenvalue weighted by molar-refractivity contribution is 7.13. The first-order chi connectivity index (χ1) is 6.42. The maximum atomic E-state index is 5.39. The Hall–Kier alpha value is -0.860. The summed E-state index contributed by atoms with van der Waals surface area (Å²) in [7, 11) is 0. The van der Waals surface area contributed by atoms with Gasteiger partial charge in [-0.15, -0.1) is 11.3 Å². The van der Waals surface area contributed by atoms with E-state index in [0.717, 1.165) is 13.2 Å². The molecular formula is C11H12OS. The molecule has 0 saturated carbocycles. The standard InChI is InChI=1S/C11H12OS/c1-2-12-8-9-5-6-11-10(9)4-3-7-13-11/h3-7H,2,8H2,1H3. The Morgan fingerprint density at radius 3 is 3.08 bits per heavy atom. The number of fused-ring (bicyclic) bond motifs is 1. The van der Waals surface area contributed by atoms with Crippen molar-refractivity contribution in [2.24, 2.45) is 0 Å². The fraction of sp³-hybridized carbons (Fsp3) is 0.273. The molecule has 68 valence electrons. The molecule has 2 aliphatic rings. The third-order valence-corrected chi connectivity index (χ3v) is 2.95. The van der Waals surface area contributed by atoms with Gasteiger partial charge in [0.05, 0.1) is 6.61 Å². The van der Waals surface area contributed by atoms with Gasteiger partial charge in [-0.25, -0.2) is 0 Å². The molecule has 0 aromatic carbocycles. The monoisotopic (exact) mass is 192 g/mol. The summed E-state index contributed by atoms with van der Waals surface area (Å²) in [6.45, 7) is 3.54. The summed E-state index contributed by atoms with van der Waals surface area (Å²) in [5.74, 6) is 0. The molecule has 2 rings (SSSR count). The second-order valence-electron chi connectivity index (χ2n) is 2.89. The average molecular weight is 192 g/mol. The van der Waals surface area contributed by atoms with Crippen molar-refractivity contribution < 1.29 is 4.74 Å². The van der Waals surface area contributed by atoms with Gasteiger partial charge in [0.25, 0.3) is 0 Å². The van der Waals surface area contributed by atoms with Gasteiger partial charge in [-0.1, -0.05) is 18.2 Å². The second kappa shape index (κ2) is 3.90. The maximum absolute atomic E-state index is 5.39. The summed E-state index contributed by atoms with van der Waals surface area (Å²) in [5, 5.41) is 2.10. The van der Waals surface area contributed by atoms with E-state index in [9.17, 15) is 0 Å². The minimum absolute atomic E-state index is 0.733. The molecule has 0 aromatic rings. The zero-order valence-electron chi connectivity index (χ0n) is 7.62. The van der Waals surface area contributed by atoms with E-state index >= 15 is 0 Å². The van der Waals surface area contributed by atoms with Crippen LogP contribution in [0.25, 0.3) is 10.4 Å². The minimum atomic E-state index is 0.733. The van der Waals surface area contributed by atoms with Crippen molar-refractivity contribution in [2.45, 2.75) is 13.5 Å². The van der Waals surface area contributed by atoms with Crippen molar-refractivity contribution in [1.29, 1.82) is 0 Å². The molecule has 0 N–H and O–H groups in total. The summed E-state index contributed by atoms with van der Waals surface area (Å²) in [5.41, 5.74) is 2.63. The van der Waals surface area contributed by atoms with Crippen LogP contribution in [0.15, 0.2) is 29.6 Å². The summed E-state index contributed by atoms with van der Waals surface area (Å²) in [6, 6.07) is 8.55. The van der Waals surface area contributed by atoms with E-state index in [4.69, 9.17) is 4.74 Å². The molecular weight excluding hydrogens is 180 g/mol.